The highest BCUT2D eigenvalue weighted by Crippen LogP contribution is 2.31. The van der Waals surface area contributed by atoms with Crippen molar-refractivity contribution < 1.29 is 4.84 Å². The summed E-state index contributed by atoms with van der Waals surface area (Å²) >= 11 is 0. The minimum absolute atomic E-state index is 0.0532. The molecule has 4 heteroatoms. The van der Waals surface area contributed by atoms with Crippen LogP contribution in [0.2, 0.25) is 0 Å². The van der Waals surface area contributed by atoms with E-state index in [-0.39, 0.29) is 6.10 Å². The number of pyridine rings is 1. The number of fused-ring (bicyclic) bond motifs is 1. The molecule has 4 rings (SSSR count). The Hall–Kier alpha value is -2.88. The number of rotatable bonds is 2. The van der Waals surface area contributed by atoms with Gasteiger partial charge in [-0.25, -0.2) is 0 Å². The number of nitrogen functional groups attached to an aromatic ring is 1. The van der Waals surface area contributed by atoms with Gasteiger partial charge in [0.15, 0.2) is 6.10 Å². The molecule has 4 nitrogen and oxygen atoms in total. The molecule has 1 aromatic heterocycles. The standard InChI is InChI=1S/C18H15N3O/c19-13-7-5-12(6-8-13)18-11-17(21-22-18)15-9-10-20-16-4-2-1-3-14(15)16/h1-10,18H,11,19H2. The molecule has 1 atom stereocenters. The fourth-order valence-corrected chi connectivity index (χ4v) is 2.77. The zero-order chi connectivity index (χ0) is 14.9. The van der Waals surface area contributed by atoms with Gasteiger partial charge in [-0.05, 0) is 29.8 Å². The number of benzene rings is 2. The van der Waals surface area contributed by atoms with Crippen molar-refractivity contribution in [2.75, 3.05) is 5.73 Å². The average Bonchev–Trinajstić information content (AvgIpc) is 3.05. The number of para-hydroxylation sites is 1. The predicted octanol–water partition coefficient (Wildman–Crippen LogP) is 3.68. The van der Waals surface area contributed by atoms with Gasteiger partial charge in [-0.1, -0.05) is 35.5 Å². The minimum atomic E-state index is -0.0532. The summed E-state index contributed by atoms with van der Waals surface area (Å²) in [6.07, 6.45) is 2.51. The zero-order valence-corrected chi connectivity index (χ0v) is 11.9. The van der Waals surface area contributed by atoms with Crippen molar-refractivity contribution in [2.24, 2.45) is 5.16 Å². The number of oxime groups is 1. The van der Waals surface area contributed by atoms with E-state index >= 15 is 0 Å². The van der Waals surface area contributed by atoms with Crippen LogP contribution < -0.4 is 5.73 Å². The first-order valence-electron chi connectivity index (χ1n) is 7.23. The molecule has 2 heterocycles. The third-order valence-corrected chi connectivity index (χ3v) is 3.94. The second-order valence-electron chi connectivity index (χ2n) is 5.38. The Balaban J connectivity index is 1.66. The molecule has 0 amide bonds. The van der Waals surface area contributed by atoms with Crippen molar-refractivity contribution >= 4 is 22.3 Å². The second-order valence-corrected chi connectivity index (χ2v) is 5.38. The number of anilines is 1. The maximum absolute atomic E-state index is 5.73. The van der Waals surface area contributed by atoms with Gasteiger partial charge in [-0.2, -0.15) is 0 Å². The maximum Gasteiger partial charge on any atom is 0.158 e. The second kappa shape index (κ2) is 5.15. The number of nitrogens with zero attached hydrogens (tertiary/aromatic N) is 2. The van der Waals surface area contributed by atoms with E-state index in [1.165, 1.54) is 0 Å². The van der Waals surface area contributed by atoms with Crippen LogP contribution in [0.3, 0.4) is 0 Å². The molecule has 2 aromatic carbocycles. The molecule has 0 radical (unpaired) electrons. The fourth-order valence-electron chi connectivity index (χ4n) is 2.77. The van der Waals surface area contributed by atoms with Gasteiger partial charge < -0.3 is 10.6 Å². The summed E-state index contributed by atoms with van der Waals surface area (Å²) in [4.78, 5) is 10.0. The van der Waals surface area contributed by atoms with Crippen molar-refractivity contribution in [1.29, 1.82) is 0 Å². The highest BCUT2D eigenvalue weighted by Gasteiger charge is 2.24. The van der Waals surface area contributed by atoms with Gasteiger partial charge in [0.2, 0.25) is 0 Å². The molecule has 0 saturated heterocycles. The van der Waals surface area contributed by atoms with Gasteiger partial charge in [0.05, 0.1) is 11.2 Å². The van der Waals surface area contributed by atoms with Crippen molar-refractivity contribution in [3.63, 3.8) is 0 Å². The van der Waals surface area contributed by atoms with Crippen molar-refractivity contribution in [3.8, 4) is 0 Å². The van der Waals surface area contributed by atoms with Gasteiger partial charge in [-0.3, -0.25) is 4.98 Å². The van der Waals surface area contributed by atoms with E-state index in [9.17, 15) is 0 Å². The molecule has 0 aliphatic carbocycles. The third-order valence-electron chi connectivity index (χ3n) is 3.94. The topological polar surface area (TPSA) is 60.5 Å². The lowest BCUT2D eigenvalue weighted by molar-refractivity contribution is 0.0857. The van der Waals surface area contributed by atoms with Gasteiger partial charge in [0.25, 0.3) is 0 Å². The van der Waals surface area contributed by atoms with Gasteiger partial charge >= 0.3 is 0 Å². The molecule has 1 aliphatic heterocycles. The maximum atomic E-state index is 5.73. The van der Waals surface area contributed by atoms with Gasteiger partial charge in [-0.15, -0.1) is 0 Å². The SMILES string of the molecule is Nc1ccc(C2CC(c3ccnc4ccccc34)=NO2)cc1. The van der Waals surface area contributed by atoms with Crippen molar-refractivity contribution in [1.82, 2.24) is 4.98 Å². The molecule has 2 N–H and O–H groups in total. The molecule has 1 unspecified atom stereocenters. The monoisotopic (exact) mass is 289 g/mol. The highest BCUT2D eigenvalue weighted by atomic mass is 16.6. The first-order chi connectivity index (χ1) is 10.8. The lowest BCUT2D eigenvalue weighted by Gasteiger charge is -2.08. The van der Waals surface area contributed by atoms with E-state index in [2.05, 4.69) is 16.2 Å². The van der Waals surface area contributed by atoms with Crippen LogP contribution >= 0.6 is 0 Å². The zero-order valence-electron chi connectivity index (χ0n) is 11.9. The average molecular weight is 289 g/mol. The Morgan fingerprint density at radius 1 is 1.00 bits per heavy atom. The molecular weight excluding hydrogens is 274 g/mol. The van der Waals surface area contributed by atoms with E-state index in [0.29, 0.717) is 0 Å². The van der Waals surface area contributed by atoms with Crippen LogP contribution in [0, 0.1) is 0 Å². The first-order valence-corrected chi connectivity index (χ1v) is 7.23. The Morgan fingerprint density at radius 3 is 2.68 bits per heavy atom. The molecule has 0 fully saturated rings. The normalized spacial score (nSPS) is 17.3. The quantitative estimate of drug-likeness (QED) is 0.732. The summed E-state index contributed by atoms with van der Waals surface area (Å²) in [5.74, 6) is 0. The molecule has 0 saturated carbocycles. The molecule has 22 heavy (non-hydrogen) atoms. The molecule has 0 bridgehead atoms. The van der Waals surface area contributed by atoms with Crippen LogP contribution in [-0.2, 0) is 4.84 Å². The Kier molecular flexibility index (Phi) is 3.00. The molecule has 108 valence electrons. The van der Waals surface area contributed by atoms with E-state index in [0.717, 1.165) is 39.8 Å². The number of hydrogen-bond donors (Lipinski definition) is 1. The van der Waals surface area contributed by atoms with E-state index in [1.807, 2.05) is 54.7 Å². The summed E-state index contributed by atoms with van der Waals surface area (Å²) in [6.45, 7) is 0. The van der Waals surface area contributed by atoms with E-state index < -0.39 is 0 Å². The van der Waals surface area contributed by atoms with E-state index in [4.69, 9.17) is 10.6 Å². The molecule has 1 aliphatic rings. The van der Waals surface area contributed by atoms with Crippen LogP contribution in [0.5, 0.6) is 0 Å². The van der Waals surface area contributed by atoms with Crippen molar-refractivity contribution in [2.45, 2.75) is 12.5 Å². The minimum Gasteiger partial charge on any atom is -0.399 e. The van der Waals surface area contributed by atoms with Crippen LogP contribution in [0.25, 0.3) is 10.9 Å². The fraction of sp³-hybridized carbons (Fsp3) is 0.111. The van der Waals surface area contributed by atoms with Crippen molar-refractivity contribution in [3.05, 3.63) is 71.9 Å². The number of hydrogen-bond acceptors (Lipinski definition) is 4. The number of nitrogens with two attached hydrogens (primary N) is 1. The Labute approximate surface area is 128 Å². The summed E-state index contributed by atoms with van der Waals surface area (Å²) in [5, 5.41) is 5.40. The highest BCUT2D eigenvalue weighted by molar-refractivity contribution is 6.10. The largest absolute Gasteiger partial charge is 0.399 e. The van der Waals surface area contributed by atoms with Crippen LogP contribution in [0.15, 0.2) is 65.9 Å². The predicted molar refractivity (Wildman–Crippen MR) is 87.6 cm³/mol. The van der Waals surface area contributed by atoms with Crippen LogP contribution in [0.4, 0.5) is 5.69 Å². The van der Waals surface area contributed by atoms with Crippen LogP contribution in [0.1, 0.15) is 23.7 Å². The summed E-state index contributed by atoms with van der Waals surface area (Å²) < 4.78 is 0. The van der Waals surface area contributed by atoms with Gasteiger partial charge in [0.1, 0.15) is 0 Å². The molecular formula is C18H15N3O. The lowest BCUT2D eigenvalue weighted by atomic mass is 9.98. The Morgan fingerprint density at radius 2 is 1.82 bits per heavy atom. The summed E-state index contributed by atoms with van der Waals surface area (Å²) in [6, 6.07) is 17.8. The number of aromatic nitrogens is 1. The lowest BCUT2D eigenvalue weighted by Crippen LogP contribution is -2.03. The summed E-state index contributed by atoms with van der Waals surface area (Å²) in [7, 11) is 0. The smallest absolute Gasteiger partial charge is 0.158 e. The molecule has 0 spiro atoms. The first kappa shape index (κ1) is 12.8. The van der Waals surface area contributed by atoms with E-state index in [1.54, 1.807) is 0 Å². The summed E-state index contributed by atoms with van der Waals surface area (Å²) in [5.41, 5.74) is 10.6. The van der Waals surface area contributed by atoms with Crippen LogP contribution in [-0.4, -0.2) is 10.7 Å². The third kappa shape index (κ3) is 2.19. The molecule has 3 aromatic rings. The Bertz CT molecular complexity index is 850. The van der Waals surface area contributed by atoms with Gasteiger partial charge in [0, 0.05) is 29.3 Å².